The van der Waals surface area contributed by atoms with E-state index < -0.39 is 54.5 Å². The van der Waals surface area contributed by atoms with Gasteiger partial charge >= 0.3 is 17.9 Å². The van der Waals surface area contributed by atoms with E-state index in [1.165, 1.54) is 27.7 Å². The Morgan fingerprint density at radius 3 is 2.04 bits per heavy atom. The van der Waals surface area contributed by atoms with E-state index in [9.17, 15) is 19.2 Å². The molecule has 0 aromatic rings. The molecule has 0 aliphatic carbocycles. The molecule has 0 radical (unpaired) electrons. The minimum atomic E-state index is -1.11. The Kier molecular flexibility index (Phi) is 9.88. The van der Waals surface area contributed by atoms with Gasteiger partial charge in [0.1, 0.15) is 18.8 Å². The van der Waals surface area contributed by atoms with E-state index in [0.29, 0.717) is 6.61 Å². The van der Waals surface area contributed by atoms with Crippen molar-refractivity contribution in [2.24, 2.45) is 0 Å². The number of hydrogen-bond acceptors (Lipinski definition) is 9. The van der Waals surface area contributed by atoms with Gasteiger partial charge in [0.05, 0.1) is 0 Å². The molecular formula is C18H29NO9. The fourth-order valence-corrected chi connectivity index (χ4v) is 2.78. The molecule has 0 aromatic heterocycles. The quantitative estimate of drug-likeness (QED) is 0.332. The van der Waals surface area contributed by atoms with E-state index in [4.69, 9.17) is 23.7 Å². The molecule has 0 saturated carbocycles. The average molecular weight is 403 g/mol. The maximum atomic E-state index is 11.7. The second kappa shape index (κ2) is 11.6. The highest BCUT2D eigenvalue weighted by molar-refractivity contribution is 5.73. The van der Waals surface area contributed by atoms with E-state index in [1.807, 2.05) is 6.92 Å². The van der Waals surface area contributed by atoms with Crippen LogP contribution in [0.1, 0.15) is 47.5 Å². The monoisotopic (exact) mass is 403 g/mol. The number of ether oxygens (including phenoxy) is 5. The number of carbonyl (C=O) groups excluding carboxylic acids is 4. The highest BCUT2D eigenvalue weighted by Crippen LogP contribution is 2.28. The van der Waals surface area contributed by atoms with Crippen LogP contribution in [0.4, 0.5) is 0 Å². The zero-order chi connectivity index (χ0) is 21.3. The molecule has 28 heavy (non-hydrogen) atoms. The second-order valence-electron chi connectivity index (χ2n) is 6.44. The fraction of sp³-hybridized carbons (Fsp3) is 0.778. The first kappa shape index (κ1) is 23.8. The third-order valence-corrected chi connectivity index (χ3v) is 3.85. The highest BCUT2D eigenvalue weighted by atomic mass is 16.7. The van der Waals surface area contributed by atoms with Gasteiger partial charge in [-0.05, 0) is 6.42 Å². The SMILES string of the molecule is CCCCO[C@H]1O[C@H](COC(C)=O)[C@@H](OC(C)=O)[C@H](OC(C)=O)[C@H]1NC(C)=O. The number of nitrogens with one attached hydrogen (secondary N) is 1. The summed E-state index contributed by atoms with van der Waals surface area (Å²) in [7, 11) is 0. The molecule has 1 aliphatic rings. The van der Waals surface area contributed by atoms with Crippen LogP contribution in [0.3, 0.4) is 0 Å². The molecule has 1 heterocycles. The topological polar surface area (TPSA) is 126 Å². The van der Waals surface area contributed by atoms with Gasteiger partial charge in [-0.25, -0.2) is 0 Å². The number of esters is 3. The van der Waals surface area contributed by atoms with Crippen molar-refractivity contribution in [3.05, 3.63) is 0 Å². The summed E-state index contributed by atoms with van der Waals surface area (Å²) in [6.45, 7) is 6.97. The molecule has 1 saturated heterocycles. The van der Waals surface area contributed by atoms with Gasteiger partial charge in [0, 0.05) is 34.3 Å². The predicted octanol–water partition coefficient (Wildman–Crippen LogP) is 0.459. The number of amides is 1. The summed E-state index contributed by atoms with van der Waals surface area (Å²) in [5.74, 6) is -2.25. The molecule has 160 valence electrons. The first-order valence-corrected chi connectivity index (χ1v) is 9.17. The maximum Gasteiger partial charge on any atom is 0.303 e. The largest absolute Gasteiger partial charge is 0.463 e. The lowest BCUT2D eigenvalue weighted by molar-refractivity contribution is -0.277. The third kappa shape index (κ3) is 7.81. The average Bonchev–Trinajstić information content (AvgIpc) is 2.57. The van der Waals surface area contributed by atoms with Gasteiger partial charge in [-0.15, -0.1) is 0 Å². The Morgan fingerprint density at radius 1 is 0.929 bits per heavy atom. The van der Waals surface area contributed by atoms with Crippen molar-refractivity contribution in [1.29, 1.82) is 0 Å². The molecule has 1 aliphatic heterocycles. The Hall–Kier alpha value is -2.20. The summed E-state index contributed by atoms with van der Waals surface area (Å²) in [6, 6.07) is -0.920. The summed E-state index contributed by atoms with van der Waals surface area (Å²) in [4.78, 5) is 46.2. The standard InChI is InChI=1S/C18H29NO9/c1-6-7-8-24-18-15(19-10(2)20)17(27-13(5)23)16(26-12(4)22)14(28-18)9-25-11(3)21/h14-18H,6-9H2,1-5H3,(H,19,20)/t14-,15-,16-,17-,18+/m1/s1. The van der Waals surface area contributed by atoms with Gasteiger partial charge in [-0.1, -0.05) is 13.3 Å². The van der Waals surface area contributed by atoms with Gasteiger partial charge in [0.15, 0.2) is 18.5 Å². The lowest BCUT2D eigenvalue weighted by atomic mass is 9.96. The second-order valence-corrected chi connectivity index (χ2v) is 6.44. The first-order valence-electron chi connectivity index (χ1n) is 9.17. The zero-order valence-electron chi connectivity index (χ0n) is 16.9. The van der Waals surface area contributed by atoms with Crippen LogP contribution in [0.2, 0.25) is 0 Å². The van der Waals surface area contributed by atoms with Crippen molar-refractivity contribution >= 4 is 23.8 Å². The fourth-order valence-electron chi connectivity index (χ4n) is 2.78. The number of rotatable bonds is 9. The van der Waals surface area contributed by atoms with Crippen LogP contribution in [0.25, 0.3) is 0 Å². The molecule has 0 spiro atoms. The van der Waals surface area contributed by atoms with Crippen molar-refractivity contribution in [2.45, 2.75) is 78.1 Å². The van der Waals surface area contributed by atoms with E-state index >= 15 is 0 Å². The van der Waals surface area contributed by atoms with Crippen LogP contribution in [0.5, 0.6) is 0 Å². The molecule has 1 fully saturated rings. The Labute approximate surface area is 164 Å². The van der Waals surface area contributed by atoms with Crippen molar-refractivity contribution in [2.75, 3.05) is 13.2 Å². The molecule has 0 bridgehead atoms. The molecule has 1 N–H and O–H groups in total. The molecule has 5 atom stereocenters. The smallest absolute Gasteiger partial charge is 0.303 e. The highest BCUT2D eigenvalue weighted by Gasteiger charge is 2.51. The van der Waals surface area contributed by atoms with Gasteiger partial charge in [0.2, 0.25) is 5.91 Å². The van der Waals surface area contributed by atoms with Crippen LogP contribution in [0.15, 0.2) is 0 Å². The Bertz CT molecular complexity index is 565. The first-order chi connectivity index (χ1) is 13.1. The summed E-state index contributed by atoms with van der Waals surface area (Å²) in [5, 5.41) is 2.64. The van der Waals surface area contributed by atoms with Crippen molar-refractivity contribution in [1.82, 2.24) is 5.32 Å². The van der Waals surface area contributed by atoms with Gasteiger partial charge in [-0.2, -0.15) is 0 Å². The summed E-state index contributed by atoms with van der Waals surface area (Å²) < 4.78 is 27.2. The zero-order valence-corrected chi connectivity index (χ0v) is 16.9. The minimum Gasteiger partial charge on any atom is -0.463 e. The summed E-state index contributed by atoms with van der Waals surface area (Å²) in [5.41, 5.74) is 0. The van der Waals surface area contributed by atoms with Crippen molar-refractivity contribution in [3.8, 4) is 0 Å². The molecule has 0 aromatic carbocycles. The van der Waals surface area contributed by atoms with E-state index in [-0.39, 0.29) is 6.61 Å². The van der Waals surface area contributed by atoms with E-state index in [2.05, 4.69) is 5.32 Å². The molecule has 0 unspecified atom stereocenters. The Morgan fingerprint density at radius 2 is 1.54 bits per heavy atom. The predicted molar refractivity (Wildman–Crippen MR) is 94.9 cm³/mol. The number of hydrogen-bond donors (Lipinski definition) is 1. The van der Waals surface area contributed by atoms with Gasteiger partial charge < -0.3 is 29.0 Å². The van der Waals surface area contributed by atoms with Crippen LogP contribution >= 0.6 is 0 Å². The normalized spacial score (nSPS) is 26.8. The number of carbonyl (C=O) groups is 4. The Balaban J connectivity index is 3.21. The summed E-state index contributed by atoms with van der Waals surface area (Å²) in [6.07, 6.45) is -2.53. The van der Waals surface area contributed by atoms with Crippen molar-refractivity contribution < 1.29 is 42.9 Å². The minimum absolute atomic E-state index is 0.245. The third-order valence-electron chi connectivity index (χ3n) is 3.85. The molecule has 10 nitrogen and oxygen atoms in total. The molecule has 1 rings (SSSR count). The molecule has 10 heteroatoms. The van der Waals surface area contributed by atoms with Gasteiger partial charge in [-0.3, -0.25) is 19.2 Å². The number of unbranched alkanes of at least 4 members (excludes halogenated alkanes) is 1. The van der Waals surface area contributed by atoms with Crippen LogP contribution in [-0.4, -0.2) is 67.7 Å². The van der Waals surface area contributed by atoms with Crippen LogP contribution in [-0.2, 0) is 42.9 Å². The maximum absolute atomic E-state index is 11.7. The van der Waals surface area contributed by atoms with E-state index in [0.717, 1.165) is 12.8 Å². The van der Waals surface area contributed by atoms with Crippen LogP contribution in [0, 0.1) is 0 Å². The van der Waals surface area contributed by atoms with E-state index in [1.54, 1.807) is 0 Å². The van der Waals surface area contributed by atoms with Crippen molar-refractivity contribution in [3.63, 3.8) is 0 Å². The lowest BCUT2D eigenvalue weighted by Gasteiger charge is -2.44. The molecular weight excluding hydrogens is 374 g/mol. The lowest BCUT2D eigenvalue weighted by Crippen LogP contribution is -2.66. The summed E-state index contributed by atoms with van der Waals surface area (Å²) >= 11 is 0. The van der Waals surface area contributed by atoms with Crippen LogP contribution < -0.4 is 5.32 Å². The molecule has 1 amide bonds. The van der Waals surface area contributed by atoms with Gasteiger partial charge in [0.25, 0.3) is 0 Å².